The fourth-order valence-electron chi connectivity index (χ4n) is 9.93. The van der Waals surface area contributed by atoms with Crippen LogP contribution in [0, 0.1) is 20.8 Å². The first-order valence-corrected chi connectivity index (χ1v) is 17.4. The predicted octanol–water partition coefficient (Wildman–Crippen LogP) is 11.5. The Morgan fingerprint density at radius 3 is 2.28 bits per heavy atom. The maximum atomic E-state index is 5.15. The average molecular weight is 599 g/mol. The van der Waals surface area contributed by atoms with Gasteiger partial charge in [0.25, 0.3) is 0 Å². The minimum absolute atomic E-state index is 0.287. The quantitative estimate of drug-likeness (QED) is 0.202. The summed E-state index contributed by atoms with van der Waals surface area (Å²) in [4.78, 5) is 10.1. The van der Waals surface area contributed by atoms with Crippen molar-refractivity contribution in [1.82, 2.24) is 9.97 Å². The molecule has 4 aromatic carbocycles. The third-order valence-corrected chi connectivity index (χ3v) is 12.0. The molecular formula is C44H42N2. The summed E-state index contributed by atoms with van der Waals surface area (Å²) < 4.78 is 0. The van der Waals surface area contributed by atoms with E-state index in [4.69, 9.17) is 9.97 Å². The van der Waals surface area contributed by atoms with E-state index in [2.05, 4.69) is 112 Å². The second-order valence-electron chi connectivity index (χ2n) is 15.0. The van der Waals surface area contributed by atoms with Gasteiger partial charge in [0.15, 0.2) is 0 Å². The van der Waals surface area contributed by atoms with E-state index in [-0.39, 0.29) is 5.41 Å². The molecule has 3 aliphatic rings. The molecule has 0 saturated heterocycles. The molecule has 9 rings (SSSR count). The highest BCUT2D eigenvalue weighted by atomic mass is 14.7. The summed E-state index contributed by atoms with van der Waals surface area (Å²) in [7, 11) is 0. The summed E-state index contributed by atoms with van der Waals surface area (Å²) in [6.07, 6.45) is 12.6. The van der Waals surface area contributed by atoms with Crippen LogP contribution in [0.1, 0.15) is 90.7 Å². The van der Waals surface area contributed by atoms with Crippen molar-refractivity contribution in [3.05, 3.63) is 131 Å². The van der Waals surface area contributed by atoms with Crippen LogP contribution in [-0.2, 0) is 10.8 Å². The first kappa shape index (κ1) is 28.0. The van der Waals surface area contributed by atoms with E-state index in [1.54, 1.807) is 11.1 Å². The van der Waals surface area contributed by atoms with E-state index >= 15 is 0 Å². The van der Waals surface area contributed by atoms with Crippen LogP contribution < -0.4 is 0 Å². The zero-order valence-corrected chi connectivity index (χ0v) is 27.4. The summed E-state index contributed by atoms with van der Waals surface area (Å²) >= 11 is 0. The molecule has 228 valence electrons. The number of hydrogen-bond acceptors (Lipinski definition) is 2. The minimum Gasteiger partial charge on any atom is -0.256 e. The topological polar surface area (TPSA) is 25.8 Å². The van der Waals surface area contributed by atoms with E-state index in [1.165, 1.54) is 101 Å². The molecule has 2 nitrogen and oxygen atoms in total. The molecule has 2 heterocycles. The fraction of sp³-hybridized carbons (Fsp3) is 0.318. The van der Waals surface area contributed by atoms with Crippen molar-refractivity contribution >= 4 is 21.7 Å². The van der Waals surface area contributed by atoms with E-state index in [1.807, 2.05) is 6.20 Å². The molecule has 2 heteroatoms. The van der Waals surface area contributed by atoms with E-state index in [0.717, 1.165) is 16.9 Å². The van der Waals surface area contributed by atoms with Crippen LogP contribution in [0.5, 0.6) is 0 Å². The van der Waals surface area contributed by atoms with Crippen molar-refractivity contribution < 1.29 is 0 Å². The van der Waals surface area contributed by atoms with Gasteiger partial charge in [-0.3, -0.25) is 4.98 Å². The van der Waals surface area contributed by atoms with Gasteiger partial charge in [-0.1, -0.05) is 72.5 Å². The van der Waals surface area contributed by atoms with Gasteiger partial charge in [0.1, 0.15) is 0 Å². The molecule has 3 aliphatic carbocycles. The molecule has 0 N–H and O–H groups in total. The third-order valence-electron chi connectivity index (χ3n) is 12.0. The van der Waals surface area contributed by atoms with Crippen LogP contribution in [0.25, 0.3) is 44.2 Å². The molecule has 0 amide bonds. The smallest absolute Gasteiger partial charge is 0.0712 e. The maximum Gasteiger partial charge on any atom is 0.0712 e. The average Bonchev–Trinajstić information content (AvgIpc) is 3.78. The van der Waals surface area contributed by atoms with Gasteiger partial charge in [-0.05, 0) is 146 Å². The van der Waals surface area contributed by atoms with Crippen molar-refractivity contribution in [2.75, 3.05) is 0 Å². The Morgan fingerprint density at radius 1 is 0.652 bits per heavy atom. The first-order valence-electron chi connectivity index (χ1n) is 17.4. The summed E-state index contributed by atoms with van der Waals surface area (Å²) in [5.41, 5.74) is 15.1. The molecule has 0 radical (unpaired) electrons. The SMILES string of the molecule is Cc1cc(C)cc(-c2cc(C)c3cc(C4CCC5(C4)CC4(CCCC4)c4cc(-c6cc7ccccc7cn6)ccc45)ccc3n2)c1. The Balaban J connectivity index is 1.05. The number of fused-ring (bicyclic) bond motifs is 5. The van der Waals surface area contributed by atoms with Crippen molar-refractivity contribution in [3.63, 3.8) is 0 Å². The van der Waals surface area contributed by atoms with Gasteiger partial charge in [-0.25, -0.2) is 4.98 Å². The summed E-state index contributed by atoms with van der Waals surface area (Å²) in [5, 5.41) is 3.77. The number of rotatable bonds is 3. The second kappa shape index (κ2) is 10.4. The number of benzene rings is 4. The molecule has 46 heavy (non-hydrogen) atoms. The molecule has 0 bridgehead atoms. The van der Waals surface area contributed by atoms with Crippen molar-refractivity contribution in [1.29, 1.82) is 0 Å². The molecular weight excluding hydrogens is 556 g/mol. The van der Waals surface area contributed by atoms with E-state index in [0.29, 0.717) is 11.3 Å². The molecule has 2 spiro atoms. The molecule has 2 saturated carbocycles. The van der Waals surface area contributed by atoms with E-state index in [9.17, 15) is 0 Å². The Labute approximate surface area is 272 Å². The van der Waals surface area contributed by atoms with Crippen LogP contribution in [0.15, 0.2) is 97.2 Å². The molecule has 2 atom stereocenters. The van der Waals surface area contributed by atoms with Gasteiger partial charge in [-0.2, -0.15) is 0 Å². The highest BCUT2D eigenvalue weighted by Gasteiger charge is 2.55. The van der Waals surface area contributed by atoms with Gasteiger partial charge < -0.3 is 0 Å². The van der Waals surface area contributed by atoms with Gasteiger partial charge in [-0.15, -0.1) is 0 Å². The number of hydrogen-bond donors (Lipinski definition) is 0. The number of aromatic nitrogens is 2. The van der Waals surface area contributed by atoms with Crippen molar-refractivity contribution in [3.8, 4) is 22.5 Å². The number of aryl methyl sites for hydroxylation is 3. The van der Waals surface area contributed by atoms with Gasteiger partial charge in [0.05, 0.1) is 16.9 Å². The second-order valence-corrected chi connectivity index (χ2v) is 15.0. The van der Waals surface area contributed by atoms with Gasteiger partial charge in [0.2, 0.25) is 0 Å². The minimum atomic E-state index is 0.287. The highest BCUT2D eigenvalue weighted by Crippen LogP contribution is 2.64. The standard InChI is InChI=1S/C44H42N2/c1-28-18-29(2)20-36(19-28)42-21-30(3)37-22-32(11-13-40(37)46-42)34-14-17-44(25-34)27-43(15-6-7-16-43)39-23-33(10-12-38(39)44)41-24-31-8-4-5-9-35(31)26-45-41/h4-5,8-13,18-24,26,34H,6-7,14-17,25,27H2,1-3H3. The normalized spacial score (nSPS) is 21.6. The summed E-state index contributed by atoms with van der Waals surface area (Å²) in [6.45, 7) is 6.60. The lowest BCUT2D eigenvalue weighted by Crippen LogP contribution is -2.24. The zero-order valence-electron chi connectivity index (χ0n) is 27.4. The molecule has 2 fully saturated rings. The van der Waals surface area contributed by atoms with Crippen molar-refractivity contribution in [2.24, 2.45) is 0 Å². The summed E-state index contributed by atoms with van der Waals surface area (Å²) in [5.74, 6) is 0.592. The highest BCUT2D eigenvalue weighted by molar-refractivity contribution is 5.86. The summed E-state index contributed by atoms with van der Waals surface area (Å²) in [6, 6.07) is 34.5. The third kappa shape index (κ3) is 4.44. The predicted molar refractivity (Wildman–Crippen MR) is 192 cm³/mol. The van der Waals surface area contributed by atoms with E-state index < -0.39 is 0 Å². The monoisotopic (exact) mass is 598 g/mol. The number of pyridine rings is 2. The van der Waals surface area contributed by atoms with Crippen LogP contribution in [0.4, 0.5) is 0 Å². The lowest BCUT2D eigenvalue weighted by Gasteiger charge is -2.29. The largest absolute Gasteiger partial charge is 0.256 e. The van der Waals surface area contributed by atoms with Crippen LogP contribution in [0.3, 0.4) is 0 Å². The van der Waals surface area contributed by atoms with Gasteiger partial charge >= 0.3 is 0 Å². The maximum absolute atomic E-state index is 5.15. The lowest BCUT2D eigenvalue weighted by atomic mass is 9.74. The Bertz CT molecular complexity index is 2150. The first-order chi connectivity index (χ1) is 22.4. The fourth-order valence-corrected chi connectivity index (χ4v) is 9.93. The lowest BCUT2D eigenvalue weighted by molar-refractivity contribution is 0.321. The Hall–Kier alpha value is -4.30. The zero-order chi connectivity index (χ0) is 31.0. The van der Waals surface area contributed by atoms with Crippen LogP contribution in [-0.4, -0.2) is 9.97 Å². The molecule has 0 aliphatic heterocycles. The van der Waals surface area contributed by atoms with Crippen LogP contribution >= 0.6 is 0 Å². The Morgan fingerprint density at radius 2 is 1.46 bits per heavy atom. The number of nitrogens with zero attached hydrogens (tertiary/aromatic N) is 2. The van der Waals surface area contributed by atoms with Crippen molar-refractivity contribution in [2.45, 2.75) is 88.9 Å². The molecule has 2 unspecified atom stereocenters. The van der Waals surface area contributed by atoms with Crippen LogP contribution in [0.2, 0.25) is 0 Å². The molecule has 6 aromatic rings. The Kier molecular flexibility index (Phi) is 6.30. The van der Waals surface area contributed by atoms with Gasteiger partial charge in [0, 0.05) is 28.1 Å². The molecule has 2 aromatic heterocycles.